The molecule has 0 bridgehead atoms. The summed E-state index contributed by atoms with van der Waals surface area (Å²) >= 11 is 0. The van der Waals surface area contributed by atoms with Crippen LogP contribution in [0.2, 0.25) is 0 Å². The van der Waals surface area contributed by atoms with Gasteiger partial charge in [0.2, 0.25) is 0 Å². The monoisotopic (exact) mass is 307 g/mol. The Balaban J connectivity index is 1.95. The highest BCUT2D eigenvalue weighted by Gasteiger charge is 2.11. The summed E-state index contributed by atoms with van der Waals surface area (Å²) in [4.78, 5) is 12.6. The van der Waals surface area contributed by atoms with Gasteiger partial charge >= 0.3 is 6.09 Å². The van der Waals surface area contributed by atoms with Crippen molar-refractivity contribution in [3.8, 4) is 0 Å². The number of carboxylic acid groups (broad SMARTS) is 1. The van der Waals surface area contributed by atoms with Crippen molar-refractivity contribution in [2.75, 3.05) is 13.1 Å². The first-order valence-corrected chi connectivity index (χ1v) is 8.08. The van der Waals surface area contributed by atoms with Crippen LogP contribution in [0.4, 0.5) is 4.79 Å². The molecule has 0 spiro atoms. The van der Waals surface area contributed by atoms with Crippen LogP contribution in [0.1, 0.15) is 18.9 Å². The Morgan fingerprint density at radius 3 is 2.09 bits per heavy atom. The van der Waals surface area contributed by atoms with Gasteiger partial charge in [-0.2, -0.15) is 0 Å². The molecular formula is C20H21NO2. The standard InChI is InChI=1S/C20H21NO2/c1-2-21(20(22)23)13-7-12-19-17-10-5-3-8-15(17)14-16-9-4-6-11-18(16)19/h3-6,8-11,14H,2,7,12-13H2,1H3,(H,22,23). The summed E-state index contributed by atoms with van der Waals surface area (Å²) in [7, 11) is 0. The molecule has 0 aliphatic heterocycles. The number of nitrogens with zero attached hydrogens (tertiary/aromatic N) is 1. The van der Waals surface area contributed by atoms with Crippen LogP contribution < -0.4 is 0 Å². The molecule has 3 aromatic carbocycles. The first-order chi connectivity index (χ1) is 11.2. The van der Waals surface area contributed by atoms with Crippen LogP contribution in [0, 0.1) is 0 Å². The Hall–Kier alpha value is -2.55. The zero-order valence-electron chi connectivity index (χ0n) is 13.3. The second-order valence-corrected chi connectivity index (χ2v) is 5.76. The highest BCUT2D eigenvalue weighted by atomic mass is 16.4. The van der Waals surface area contributed by atoms with E-state index >= 15 is 0 Å². The van der Waals surface area contributed by atoms with Gasteiger partial charge in [-0.25, -0.2) is 4.79 Å². The molecule has 3 rings (SSSR count). The van der Waals surface area contributed by atoms with Crippen molar-refractivity contribution in [3.05, 3.63) is 60.2 Å². The number of fused-ring (bicyclic) bond motifs is 2. The lowest BCUT2D eigenvalue weighted by Gasteiger charge is -2.17. The normalized spacial score (nSPS) is 11.0. The van der Waals surface area contributed by atoms with Crippen LogP contribution in [-0.4, -0.2) is 29.2 Å². The quantitative estimate of drug-likeness (QED) is 0.679. The number of hydrogen-bond donors (Lipinski definition) is 1. The largest absolute Gasteiger partial charge is 0.465 e. The molecule has 3 nitrogen and oxygen atoms in total. The van der Waals surface area contributed by atoms with Crippen molar-refractivity contribution in [2.24, 2.45) is 0 Å². The molecule has 1 amide bonds. The van der Waals surface area contributed by atoms with Crippen molar-refractivity contribution in [1.82, 2.24) is 4.90 Å². The van der Waals surface area contributed by atoms with Crippen molar-refractivity contribution in [2.45, 2.75) is 19.8 Å². The first-order valence-electron chi connectivity index (χ1n) is 8.08. The van der Waals surface area contributed by atoms with E-state index in [1.54, 1.807) is 0 Å². The van der Waals surface area contributed by atoms with Crippen LogP contribution in [-0.2, 0) is 6.42 Å². The molecule has 0 aromatic heterocycles. The van der Waals surface area contributed by atoms with E-state index in [1.807, 2.05) is 6.92 Å². The van der Waals surface area contributed by atoms with Gasteiger partial charge < -0.3 is 10.0 Å². The molecule has 0 aliphatic rings. The number of rotatable bonds is 5. The van der Waals surface area contributed by atoms with Crippen molar-refractivity contribution in [3.63, 3.8) is 0 Å². The van der Waals surface area contributed by atoms with E-state index in [4.69, 9.17) is 5.11 Å². The summed E-state index contributed by atoms with van der Waals surface area (Å²) in [6.45, 7) is 2.98. The average Bonchev–Trinajstić information content (AvgIpc) is 2.57. The molecule has 0 heterocycles. The molecule has 3 heteroatoms. The van der Waals surface area contributed by atoms with Crippen LogP contribution >= 0.6 is 0 Å². The van der Waals surface area contributed by atoms with Gasteiger partial charge in [0.25, 0.3) is 0 Å². The van der Waals surface area contributed by atoms with Crippen LogP contribution in [0.5, 0.6) is 0 Å². The van der Waals surface area contributed by atoms with E-state index in [-0.39, 0.29) is 0 Å². The lowest BCUT2D eigenvalue weighted by atomic mass is 9.94. The number of amides is 1. The third kappa shape index (κ3) is 3.14. The molecule has 0 unspecified atom stereocenters. The summed E-state index contributed by atoms with van der Waals surface area (Å²) in [5.41, 5.74) is 1.32. The second-order valence-electron chi connectivity index (χ2n) is 5.76. The van der Waals surface area contributed by atoms with Gasteiger partial charge in [0.05, 0.1) is 0 Å². The molecule has 118 valence electrons. The van der Waals surface area contributed by atoms with Gasteiger partial charge in [-0.1, -0.05) is 48.5 Å². The topological polar surface area (TPSA) is 40.5 Å². The molecular weight excluding hydrogens is 286 g/mol. The van der Waals surface area contributed by atoms with E-state index in [9.17, 15) is 4.79 Å². The van der Waals surface area contributed by atoms with Gasteiger partial charge in [-0.05, 0) is 52.9 Å². The van der Waals surface area contributed by atoms with Gasteiger partial charge in [-0.15, -0.1) is 0 Å². The first kappa shape index (κ1) is 15.3. The lowest BCUT2D eigenvalue weighted by Crippen LogP contribution is -2.30. The van der Waals surface area contributed by atoms with Gasteiger partial charge in [0, 0.05) is 13.1 Å². The number of aryl methyl sites for hydroxylation is 1. The molecule has 0 saturated heterocycles. The molecule has 23 heavy (non-hydrogen) atoms. The minimum Gasteiger partial charge on any atom is -0.465 e. The van der Waals surface area contributed by atoms with Crippen molar-refractivity contribution in [1.29, 1.82) is 0 Å². The average molecular weight is 307 g/mol. The van der Waals surface area contributed by atoms with E-state index in [2.05, 4.69) is 54.6 Å². The van der Waals surface area contributed by atoms with Gasteiger partial charge in [0.1, 0.15) is 0 Å². The molecule has 0 radical (unpaired) electrons. The predicted molar refractivity (Wildman–Crippen MR) is 95.0 cm³/mol. The summed E-state index contributed by atoms with van der Waals surface area (Å²) < 4.78 is 0. The predicted octanol–water partition coefficient (Wildman–Crippen LogP) is 4.93. The molecule has 0 aliphatic carbocycles. The van der Waals surface area contributed by atoms with Gasteiger partial charge in [-0.3, -0.25) is 0 Å². The third-order valence-corrected chi connectivity index (χ3v) is 4.39. The van der Waals surface area contributed by atoms with E-state index < -0.39 is 6.09 Å². The van der Waals surface area contributed by atoms with Crippen molar-refractivity contribution >= 4 is 27.6 Å². The number of carbonyl (C=O) groups is 1. The third-order valence-electron chi connectivity index (χ3n) is 4.39. The highest BCUT2D eigenvalue weighted by Crippen LogP contribution is 2.29. The number of hydrogen-bond acceptors (Lipinski definition) is 1. The van der Waals surface area contributed by atoms with Crippen molar-refractivity contribution < 1.29 is 9.90 Å². The van der Waals surface area contributed by atoms with Crippen LogP contribution in [0.3, 0.4) is 0 Å². The smallest absolute Gasteiger partial charge is 0.407 e. The van der Waals surface area contributed by atoms with Crippen LogP contribution in [0.25, 0.3) is 21.5 Å². The zero-order chi connectivity index (χ0) is 16.2. The second kappa shape index (κ2) is 6.69. The Morgan fingerprint density at radius 1 is 1.00 bits per heavy atom. The fraction of sp³-hybridized carbons (Fsp3) is 0.250. The Bertz CT molecular complexity index is 787. The van der Waals surface area contributed by atoms with E-state index in [1.165, 1.54) is 32.0 Å². The summed E-state index contributed by atoms with van der Waals surface area (Å²) in [6.07, 6.45) is 0.874. The Morgan fingerprint density at radius 2 is 1.57 bits per heavy atom. The minimum atomic E-state index is -0.838. The fourth-order valence-corrected chi connectivity index (χ4v) is 3.21. The van der Waals surface area contributed by atoms with E-state index in [0.717, 1.165) is 12.8 Å². The summed E-state index contributed by atoms with van der Waals surface area (Å²) in [6, 6.07) is 19.1. The molecule has 3 aromatic rings. The molecule has 0 fully saturated rings. The SMILES string of the molecule is CCN(CCCc1c2ccccc2cc2ccccc12)C(=O)O. The van der Waals surface area contributed by atoms with E-state index in [0.29, 0.717) is 13.1 Å². The maximum atomic E-state index is 11.1. The number of benzene rings is 3. The molecule has 0 atom stereocenters. The summed E-state index contributed by atoms with van der Waals surface area (Å²) in [5, 5.41) is 14.2. The molecule has 1 N–H and O–H groups in total. The zero-order valence-corrected chi connectivity index (χ0v) is 13.3. The summed E-state index contributed by atoms with van der Waals surface area (Å²) in [5.74, 6) is 0. The Kier molecular flexibility index (Phi) is 4.47. The highest BCUT2D eigenvalue weighted by molar-refractivity contribution is 6.02. The molecule has 0 saturated carbocycles. The lowest BCUT2D eigenvalue weighted by molar-refractivity contribution is 0.147. The maximum absolute atomic E-state index is 11.1. The van der Waals surface area contributed by atoms with Gasteiger partial charge in [0.15, 0.2) is 0 Å². The van der Waals surface area contributed by atoms with Crippen LogP contribution in [0.15, 0.2) is 54.6 Å². The fourth-order valence-electron chi connectivity index (χ4n) is 3.21. The Labute approximate surface area is 136 Å². The minimum absolute atomic E-state index is 0.533. The maximum Gasteiger partial charge on any atom is 0.407 e.